The van der Waals surface area contributed by atoms with Crippen LogP contribution in [-0.4, -0.2) is 16.7 Å². The molecule has 2 aliphatic rings. The van der Waals surface area contributed by atoms with Crippen molar-refractivity contribution in [2.75, 3.05) is 5.32 Å². The minimum atomic E-state index is -0.410. The van der Waals surface area contributed by atoms with Crippen LogP contribution in [0.5, 0.6) is 0 Å². The molecule has 32 heavy (non-hydrogen) atoms. The number of dihydropyridines is 1. The molecule has 4 heterocycles. The van der Waals surface area contributed by atoms with E-state index in [9.17, 15) is 9.59 Å². The first-order chi connectivity index (χ1) is 15.5. The Hall–Kier alpha value is -3.45. The maximum Gasteiger partial charge on any atom is 0.255 e. The molecule has 3 aromatic rings. The summed E-state index contributed by atoms with van der Waals surface area (Å²) in [6.45, 7) is 3.77. The van der Waals surface area contributed by atoms with Crippen molar-refractivity contribution in [2.45, 2.75) is 38.5 Å². The number of carbonyl (C=O) groups excluding carboxylic acids is 2. The first-order valence-electron chi connectivity index (χ1n) is 10.6. The zero-order valence-corrected chi connectivity index (χ0v) is 18.7. The standard InChI is InChI=1S/C25H23N3O3S/c1-14-5-3-7-21(26-14)28-25(30)22-15(2)27-18-11-17(20-6-4-9-31-20)12-19(29)24(18)23(22)16-8-10-32-13-16/h3-10,13,17,23,27H,11-12H2,1-2H3,(H,26,28,30)/t17-,23+/m0/s1. The molecule has 0 aromatic carbocycles. The summed E-state index contributed by atoms with van der Waals surface area (Å²) in [6, 6.07) is 11.3. The Labute approximate surface area is 190 Å². The Balaban J connectivity index is 1.53. The Bertz CT molecular complexity index is 1240. The molecule has 2 atom stereocenters. The number of hydrogen-bond donors (Lipinski definition) is 2. The maximum absolute atomic E-state index is 13.4. The summed E-state index contributed by atoms with van der Waals surface area (Å²) in [7, 11) is 0. The van der Waals surface area contributed by atoms with Crippen molar-refractivity contribution in [1.29, 1.82) is 0 Å². The van der Waals surface area contributed by atoms with Crippen molar-refractivity contribution in [3.63, 3.8) is 0 Å². The van der Waals surface area contributed by atoms with Crippen molar-refractivity contribution in [2.24, 2.45) is 0 Å². The van der Waals surface area contributed by atoms with Crippen molar-refractivity contribution >= 4 is 28.8 Å². The van der Waals surface area contributed by atoms with Crippen LogP contribution in [0.1, 0.15) is 48.6 Å². The van der Waals surface area contributed by atoms with Crippen LogP contribution < -0.4 is 10.6 Å². The number of rotatable bonds is 4. The van der Waals surface area contributed by atoms with Gasteiger partial charge in [0, 0.05) is 46.5 Å². The number of furan rings is 1. The molecule has 2 N–H and O–H groups in total. The van der Waals surface area contributed by atoms with Crippen LogP contribution in [0.2, 0.25) is 0 Å². The molecule has 1 amide bonds. The van der Waals surface area contributed by atoms with Gasteiger partial charge in [-0.3, -0.25) is 9.59 Å². The summed E-state index contributed by atoms with van der Waals surface area (Å²) in [5.74, 6) is 0.681. The summed E-state index contributed by atoms with van der Waals surface area (Å²) >= 11 is 1.56. The number of ketones is 1. The van der Waals surface area contributed by atoms with Gasteiger partial charge < -0.3 is 15.1 Å². The molecule has 0 saturated carbocycles. The van der Waals surface area contributed by atoms with E-state index >= 15 is 0 Å². The summed E-state index contributed by atoms with van der Waals surface area (Å²) in [5, 5.41) is 10.3. The Morgan fingerprint density at radius 3 is 2.78 bits per heavy atom. The molecule has 6 nitrogen and oxygen atoms in total. The van der Waals surface area contributed by atoms with Crippen LogP contribution in [0.15, 0.2) is 80.4 Å². The Morgan fingerprint density at radius 1 is 1.19 bits per heavy atom. The number of aryl methyl sites for hydroxylation is 1. The molecule has 5 rings (SSSR count). The average Bonchev–Trinajstić information content (AvgIpc) is 3.47. The van der Waals surface area contributed by atoms with Crippen LogP contribution in [-0.2, 0) is 9.59 Å². The lowest BCUT2D eigenvalue weighted by Gasteiger charge is -2.36. The minimum absolute atomic E-state index is 0.00783. The lowest BCUT2D eigenvalue weighted by atomic mass is 9.73. The predicted octanol–water partition coefficient (Wildman–Crippen LogP) is 5.04. The van der Waals surface area contributed by atoms with Gasteiger partial charge in [-0.1, -0.05) is 6.07 Å². The molecule has 1 aliphatic carbocycles. The smallest absolute Gasteiger partial charge is 0.255 e. The van der Waals surface area contributed by atoms with E-state index in [2.05, 4.69) is 15.6 Å². The number of aromatic nitrogens is 1. The lowest BCUT2D eigenvalue weighted by Crippen LogP contribution is -2.37. The third kappa shape index (κ3) is 3.69. The van der Waals surface area contributed by atoms with E-state index in [-0.39, 0.29) is 17.6 Å². The number of allylic oxidation sites excluding steroid dienone is 3. The quantitative estimate of drug-likeness (QED) is 0.587. The third-order valence-corrected chi connectivity index (χ3v) is 6.73. The van der Waals surface area contributed by atoms with Crippen molar-refractivity contribution in [3.05, 3.63) is 93.0 Å². The Morgan fingerprint density at radius 2 is 2.06 bits per heavy atom. The van der Waals surface area contributed by atoms with E-state index in [1.807, 2.05) is 54.9 Å². The van der Waals surface area contributed by atoms with Gasteiger partial charge in [0.05, 0.1) is 6.26 Å². The molecule has 162 valence electrons. The molecule has 0 saturated heterocycles. The SMILES string of the molecule is CC1=C(C(=O)Nc2cccc(C)n2)[C@@H](c2ccsc2)C2=C(C[C@H](c3ccco3)CC2=O)N1. The second-order valence-electron chi connectivity index (χ2n) is 8.21. The van der Waals surface area contributed by atoms with Gasteiger partial charge in [-0.05, 0) is 66.9 Å². The third-order valence-electron chi connectivity index (χ3n) is 6.02. The number of anilines is 1. The predicted molar refractivity (Wildman–Crippen MR) is 123 cm³/mol. The van der Waals surface area contributed by atoms with Crippen LogP contribution in [0, 0.1) is 6.92 Å². The topological polar surface area (TPSA) is 84.2 Å². The van der Waals surface area contributed by atoms with Crippen molar-refractivity contribution in [1.82, 2.24) is 10.3 Å². The van der Waals surface area contributed by atoms with Gasteiger partial charge in [-0.2, -0.15) is 11.3 Å². The van der Waals surface area contributed by atoms with E-state index < -0.39 is 5.92 Å². The fourth-order valence-corrected chi connectivity index (χ4v) is 5.32. The highest BCUT2D eigenvalue weighted by Gasteiger charge is 2.41. The zero-order valence-electron chi connectivity index (χ0n) is 17.8. The molecule has 0 fully saturated rings. The van der Waals surface area contributed by atoms with E-state index in [0.717, 1.165) is 28.4 Å². The van der Waals surface area contributed by atoms with Crippen molar-refractivity contribution in [3.8, 4) is 0 Å². The number of nitrogens with one attached hydrogen (secondary N) is 2. The number of Topliss-reactive ketones (excluding diaryl/α,β-unsaturated/α-hetero) is 1. The number of pyridine rings is 1. The highest BCUT2D eigenvalue weighted by Crippen LogP contribution is 2.46. The average molecular weight is 446 g/mol. The van der Waals surface area contributed by atoms with Gasteiger partial charge >= 0.3 is 0 Å². The summed E-state index contributed by atoms with van der Waals surface area (Å²) in [5.41, 5.74) is 4.63. The van der Waals surface area contributed by atoms with E-state index in [4.69, 9.17) is 4.42 Å². The van der Waals surface area contributed by atoms with Gasteiger partial charge in [0.1, 0.15) is 11.6 Å². The molecular weight excluding hydrogens is 422 g/mol. The largest absolute Gasteiger partial charge is 0.469 e. The molecule has 7 heteroatoms. The van der Waals surface area contributed by atoms with E-state index in [1.54, 1.807) is 23.7 Å². The van der Waals surface area contributed by atoms with Gasteiger partial charge in [0.2, 0.25) is 0 Å². The number of nitrogens with zero attached hydrogens (tertiary/aromatic N) is 1. The second-order valence-corrected chi connectivity index (χ2v) is 8.99. The second kappa shape index (κ2) is 8.24. The van der Waals surface area contributed by atoms with Crippen LogP contribution >= 0.6 is 11.3 Å². The summed E-state index contributed by atoms with van der Waals surface area (Å²) in [6.07, 6.45) is 2.67. The number of hydrogen-bond acceptors (Lipinski definition) is 6. The van der Waals surface area contributed by atoms with Gasteiger partial charge in [-0.25, -0.2) is 4.98 Å². The van der Waals surface area contributed by atoms with Gasteiger partial charge in [-0.15, -0.1) is 0 Å². The normalized spacial score (nSPS) is 20.8. The summed E-state index contributed by atoms with van der Waals surface area (Å²) in [4.78, 5) is 31.2. The summed E-state index contributed by atoms with van der Waals surface area (Å²) < 4.78 is 5.58. The van der Waals surface area contributed by atoms with Crippen LogP contribution in [0.4, 0.5) is 5.82 Å². The van der Waals surface area contributed by atoms with E-state index in [1.165, 1.54) is 0 Å². The monoisotopic (exact) mass is 445 g/mol. The number of carbonyl (C=O) groups is 2. The van der Waals surface area contributed by atoms with Crippen molar-refractivity contribution < 1.29 is 14.0 Å². The molecule has 3 aromatic heterocycles. The maximum atomic E-state index is 13.4. The van der Waals surface area contributed by atoms with Crippen LogP contribution in [0.3, 0.4) is 0 Å². The highest BCUT2D eigenvalue weighted by molar-refractivity contribution is 7.08. The Kier molecular flexibility index (Phi) is 5.27. The molecule has 0 radical (unpaired) electrons. The lowest BCUT2D eigenvalue weighted by molar-refractivity contribution is -0.116. The van der Waals surface area contributed by atoms with Crippen LogP contribution in [0.25, 0.3) is 0 Å². The first kappa shape index (κ1) is 20.5. The zero-order chi connectivity index (χ0) is 22.2. The molecule has 0 unspecified atom stereocenters. The minimum Gasteiger partial charge on any atom is -0.469 e. The molecule has 1 aliphatic heterocycles. The fourth-order valence-electron chi connectivity index (χ4n) is 4.63. The van der Waals surface area contributed by atoms with Gasteiger partial charge in [0.15, 0.2) is 5.78 Å². The van der Waals surface area contributed by atoms with E-state index in [0.29, 0.717) is 29.8 Å². The molecule has 0 spiro atoms. The number of thiophene rings is 1. The number of amides is 1. The molecular formula is C25H23N3O3S. The fraction of sp³-hybridized carbons (Fsp3) is 0.240. The molecule has 0 bridgehead atoms. The first-order valence-corrected chi connectivity index (χ1v) is 11.5. The van der Waals surface area contributed by atoms with Gasteiger partial charge in [0.25, 0.3) is 5.91 Å². The highest BCUT2D eigenvalue weighted by atomic mass is 32.1.